The zero-order valence-electron chi connectivity index (χ0n) is 7.25. The molecule has 0 unspecified atom stereocenters. The SMILES string of the molecule is C=Cc1c(N)cccc1/C=C\C. The normalized spacial score (nSPS) is 10.4. The molecule has 0 fully saturated rings. The van der Waals surface area contributed by atoms with E-state index in [-0.39, 0.29) is 0 Å². The Labute approximate surface area is 73.2 Å². The summed E-state index contributed by atoms with van der Waals surface area (Å²) in [6, 6.07) is 5.84. The number of nitrogens with two attached hydrogens (primary N) is 1. The second-order valence-corrected chi connectivity index (χ2v) is 2.55. The molecule has 0 saturated carbocycles. The fraction of sp³-hybridized carbons (Fsp3) is 0.0909. The van der Waals surface area contributed by atoms with E-state index in [0.29, 0.717) is 0 Å². The standard InChI is InChI=1S/C11H13N/c1-3-6-9-7-5-8-11(12)10(9)4-2/h3-8H,2,12H2,1H3/b6-3-. The van der Waals surface area contributed by atoms with Crippen molar-refractivity contribution in [3.63, 3.8) is 0 Å². The summed E-state index contributed by atoms with van der Waals surface area (Å²) >= 11 is 0. The maximum absolute atomic E-state index is 5.76. The molecule has 0 heterocycles. The van der Waals surface area contributed by atoms with Crippen LogP contribution in [0.3, 0.4) is 0 Å². The molecule has 0 amide bonds. The van der Waals surface area contributed by atoms with Crippen molar-refractivity contribution in [3.05, 3.63) is 42.0 Å². The summed E-state index contributed by atoms with van der Waals surface area (Å²) in [5, 5.41) is 0. The molecule has 62 valence electrons. The molecule has 1 aromatic rings. The molecule has 0 spiro atoms. The van der Waals surface area contributed by atoms with Gasteiger partial charge in [0.2, 0.25) is 0 Å². The van der Waals surface area contributed by atoms with Gasteiger partial charge in [-0.1, -0.05) is 36.9 Å². The maximum atomic E-state index is 5.76. The predicted molar refractivity (Wildman–Crippen MR) is 55.7 cm³/mol. The van der Waals surface area contributed by atoms with Gasteiger partial charge in [0.05, 0.1) is 0 Å². The van der Waals surface area contributed by atoms with Crippen molar-refractivity contribution >= 4 is 17.8 Å². The second-order valence-electron chi connectivity index (χ2n) is 2.55. The Bertz CT molecular complexity index is 311. The van der Waals surface area contributed by atoms with E-state index in [0.717, 1.165) is 16.8 Å². The van der Waals surface area contributed by atoms with Crippen molar-refractivity contribution in [2.24, 2.45) is 0 Å². The molecule has 0 saturated heterocycles. The number of rotatable bonds is 2. The Morgan fingerprint density at radius 2 is 2.17 bits per heavy atom. The Morgan fingerprint density at radius 3 is 2.75 bits per heavy atom. The number of anilines is 1. The van der Waals surface area contributed by atoms with Crippen molar-refractivity contribution in [2.45, 2.75) is 6.92 Å². The van der Waals surface area contributed by atoms with Crippen LogP contribution in [0.25, 0.3) is 12.2 Å². The third-order valence-electron chi connectivity index (χ3n) is 1.72. The first-order chi connectivity index (χ1) is 5.79. The van der Waals surface area contributed by atoms with Crippen LogP contribution in [0.15, 0.2) is 30.9 Å². The van der Waals surface area contributed by atoms with Gasteiger partial charge < -0.3 is 5.73 Å². The molecule has 0 aromatic heterocycles. The topological polar surface area (TPSA) is 26.0 Å². The summed E-state index contributed by atoms with van der Waals surface area (Å²) in [4.78, 5) is 0. The molecule has 0 radical (unpaired) electrons. The minimum Gasteiger partial charge on any atom is -0.398 e. The van der Waals surface area contributed by atoms with Crippen molar-refractivity contribution in [1.29, 1.82) is 0 Å². The van der Waals surface area contributed by atoms with Crippen LogP contribution >= 0.6 is 0 Å². The van der Waals surface area contributed by atoms with Gasteiger partial charge in [-0.25, -0.2) is 0 Å². The fourth-order valence-electron chi connectivity index (χ4n) is 1.16. The molecular weight excluding hydrogens is 146 g/mol. The number of allylic oxidation sites excluding steroid dienone is 1. The van der Waals surface area contributed by atoms with Crippen LogP contribution in [0.5, 0.6) is 0 Å². The van der Waals surface area contributed by atoms with Gasteiger partial charge in [0.25, 0.3) is 0 Å². The summed E-state index contributed by atoms with van der Waals surface area (Å²) < 4.78 is 0. The van der Waals surface area contributed by atoms with Crippen LogP contribution in [0.4, 0.5) is 5.69 Å². The van der Waals surface area contributed by atoms with Crippen LogP contribution in [0.1, 0.15) is 18.1 Å². The highest BCUT2D eigenvalue weighted by Crippen LogP contribution is 2.19. The van der Waals surface area contributed by atoms with E-state index in [1.807, 2.05) is 37.3 Å². The van der Waals surface area contributed by atoms with Crippen molar-refractivity contribution in [2.75, 3.05) is 5.73 Å². The van der Waals surface area contributed by atoms with Crippen LogP contribution in [-0.4, -0.2) is 0 Å². The molecule has 0 aliphatic rings. The minimum atomic E-state index is 0.778. The first-order valence-electron chi connectivity index (χ1n) is 3.93. The Morgan fingerprint density at radius 1 is 1.42 bits per heavy atom. The summed E-state index contributed by atoms with van der Waals surface area (Å²) in [5.41, 5.74) is 8.66. The Balaban J connectivity index is 3.27. The quantitative estimate of drug-likeness (QED) is 0.660. The van der Waals surface area contributed by atoms with Crippen LogP contribution in [0, 0.1) is 0 Å². The molecule has 12 heavy (non-hydrogen) atoms. The van der Waals surface area contributed by atoms with Gasteiger partial charge in [0.1, 0.15) is 0 Å². The fourth-order valence-corrected chi connectivity index (χ4v) is 1.16. The first-order valence-corrected chi connectivity index (χ1v) is 3.93. The van der Waals surface area contributed by atoms with Crippen molar-refractivity contribution < 1.29 is 0 Å². The van der Waals surface area contributed by atoms with Gasteiger partial charge in [-0.3, -0.25) is 0 Å². The van der Waals surface area contributed by atoms with Gasteiger partial charge in [-0.05, 0) is 18.6 Å². The van der Waals surface area contributed by atoms with E-state index in [1.165, 1.54) is 0 Å². The van der Waals surface area contributed by atoms with Crippen LogP contribution in [-0.2, 0) is 0 Å². The van der Waals surface area contributed by atoms with Crippen molar-refractivity contribution in [1.82, 2.24) is 0 Å². The van der Waals surface area contributed by atoms with E-state index in [1.54, 1.807) is 6.08 Å². The van der Waals surface area contributed by atoms with E-state index >= 15 is 0 Å². The molecule has 2 N–H and O–H groups in total. The molecular formula is C11H13N. The zero-order valence-corrected chi connectivity index (χ0v) is 7.25. The Kier molecular flexibility index (Phi) is 2.70. The highest BCUT2D eigenvalue weighted by atomic mass is 14.6. The Hall–Kier alpha value is -1.50. The molecule has 0 aliphatic heterocycles. The van der Waals surface area contributed by atoms with E-state index in [2.05, 4.69) is 6.58 Å². The van der Waals surface area contributed by atoms with Crippen LogP contribution < -0.4 is 5.73 Å². The largest absolute Gasteiger partial charge is 0.398 e. The minimum absolute atomic E-state index is 0.778. The summed E-state index contributed by atoms with van der Waals surface area (Å²) in [7, 11) is 0. The number of hydrogen-bond acceptors (Lipinski definition) is 1. The first kappa shape index (κ1) is 8.60. The lowest BCUT2D eigenvalue weighted by molar-refractivity contribution is 1.59. The van der Waals surface area contributed by atoms with Gasteiger partial charge in [0, 0.05) is 11.3 Å². The van der Waals surface area contributed by atoms with Gasteiger partial charge in [-0.2, -0.15) is 0 Å². The average molecular weight is 159 g/mol. The predicted octanol–water partition coefficient (Wildman–Crippen LogP) is 2.94. The summed E-state index contributed by atoms with van der Waals surface area (Å²) in [6.07, 6.45) is 5.79. The van der Waals surface area contributed by atoms with E-state index < -0.39 is 0 Å². The molecule has 0 aliphatic carbocycles. The second kappa shape index (κ2) is 3.77. The monoisotopic (exact) mass is 159 g/mol. The number of benzene rings is 1. The van der Waals surface area contributed by atoms with Gasteiger partial charge in [-0.15, -0.1) is 0 Å². The van der Waals surface area contributed by atoms with Gasteiger partial charge >= 0.3 is 0 Å². The average Bonchev–Trinajstić information content (AvgIpc) is 2.05. The lowest BCUT2D eigenvalue weighted by Crippen LogP contribution is -1.90. The van der Waals surface area contributed by atoms with Crippen LogP contribution in [0.2, 0.25) is 0 Å². The summed E-state index contributed by atoms with van der Waals surface area (Å²) in [6.45, 7) is 5.70. The number of nitrogen functional groups attached to an aromatic ring is 1. The maximum Gasteiger partial charge on any atom is 0.0393 e. The lowest BCUT2D eigenvalue weighted by Gasteiger charge is -2.03. The van der Waals surface area contributed by atoms with E-state index in [4.69, 9.17) is 5.73 Å². The van der Waals surface area contributed by atoms with E-state index in [9.17, 15) is 0 Å². The van der Waals surface area contributed by atoms with Gasteiger partial charge in [0.15, 0.2) is 0 Å². The summed E-state index contributed by atoms with van der Waals surface area (Å²) in [5.74, 6) is 0. The molecule has 0 bridgehead atoms. The molecule has 1 rings (SSSR count). The third kappa shape index (κ3) is 1.56. The third-order valence-corrected chi connectivity index (χ3v) is 1.72. The lowest BCUT2D eigenvalue weighted by atomic mass is 10.1. The van der Waals surface area contributed by atoms with Crippen molar-refractivity contribution in [3.8, 4) is 0 Å². The molecule has 1 nitrogen and oxygen atoms in total. The highest BCUT2D eigenvalue weighted by molar-refractivity contribution is 5.73. The number of hydrogen-bond donors (Lipinski definition) is 1. The zero-order chi connectivity index (χ0) is 8.97. The smallest absolute Gasteiger partial charge is 0.0393 e. The molecule has 1 heteroatoms. The molecule has 1 aromatic carbocycles. The molecule has 0 atom stereocenters. The highest BCUT2D eigenvalue weighted by Gasteiger charge is 1.97.